The Balaban J connectivity index is 2.15. The van der Waals surface area contributed by atoms with Crippen molar-refractivity contribution in [1.29, 1.82) is 0 Å². The summed E-state index contributed by atoms with van der Waals surface area (Å²) in [6, 6.07) is 9.14. The topological polar surface area (TPSA) is 86.7 Å². The number of carboxylic acids is 1. The SMILES string of the molecule is CCc1ccc(C(CNS(=O)(=O)c2csc(C(=O)O)c2)N(C)C)cc1. The number of nitrogens with zero attached hydrogens (tertiary/aromatic N) is 1. The zero-order valence-electron chi connectivity index (χ0n) is 14.4. The highest BCUT2D eigenvalue weighted by molar-refractivity contribution is 7.89. The van der Waals surface area contributed by atoms with E-state index in [4.69, 9.17) is 5.11 Å². The van der Waals surface area contributed by atoms with Crippen LogP contribution in [0.2, 0.25) is 0 Å². The summed E-state index contributed by atoms with van der Waals surface area (Å²) in [5.74, 6) is -1.13. The Kier molecular flexibility index (Phi) is 6.34. The third-order valence-corrected chi connectivity index (χ3v) is 6.43. The number of benzene rings is 1. The number of aryl methyl sites for hydroxylation is 1. The molecule has 1 atom stereocenters. The second-order valence-electron chi connectivity index (χ2n) is 5.88. The molecule has 0 spiro atoms. The lowest BCUT2D eigenvalue weighted by molar-refractivity contribution is 0.0702. The summed E-state index contributed by atoms with van der Waals surface area (Å²) in [6.07, 6.45) is 0.948. The second-order valence-corrected chi connectivity index (χ2v) is 8.56. The van der Waals surface area contributed by atoms with Crippen LogP contribution in [0.5, 0.6) is 0 Å². The van der Waals surface area contributed by atoms with Crippen molar-refractivity contribution in [3.63, 3.8) is 0 Å². The first-order chi connectivity index (χ1) is 11.7. The van der Waals surface area contributed by atoms with Gasteiger partial charge in [0, 0.05) is 18.0 Å². The summed E-state index contributed by atoms with van der Waals surface area (Å²) in [5, 5.41) is 10.3. The van der Waals surface area contributed by atoms with Crippen LogP contribution in [0.25, 0.3) is 0 Å². The average molecular weight is 383 g/mol. The lowest BCUT2D eigenvalue weighted by atomic mass is 10.0. The maximum Gasteiger partial charge on any atom is 0.345 e. The van der Waals surface area contributed by atoms with E-state index >= 15 is 0 Å². The molecular formula is C17H22N2O4S2. The van der Waals surface area contributed by atoms with Gasteiger partial charge in [-0.3, -0.25) is 0 Å². The molecule has 0 amide bonds. The molecule has 2 rings (SSSR count). The largest absolute Gasteiger partial charge is 0.477 e. The number of sulfonamides is 1. The molecule has 0 radical (unpaired) electrons. The minimum Gasteiger partial charge on any atom is -0.477 e. The average Bonchev–Trinajstić information content (AvgIpc) is 3.06. The smallest absolute Gasteiger partial charge is 0.345 e. The summed E-state index contributed by atoms with van der Waals surface area (Å²) < 4.78 is 27.4. The number of carbonyl (C=O) groups is 1. The van der Waals surface area contributed by atoms with Gasteiger partial charge in [-0.25, -0.2) is 17.9 Å². The Hall–Kier alpha value is -1.74. The lowest BCUT2D eigenvalue weighted by Gasteiger charge is -2.25. The molecule has 136 valence electrons. The minimum absolute atomic E-state index is 0.000288. The number of rotatable bonds is 8. The van der Waals surface area contributed by atoms with E-state index in [0.717, 1.165) is 23.3 Å². The summed E-state index contributed by atoms with van der Waals surface area (Å²) in [5.41, 5.74) is 2.24. The van der Waals surface area contributed by atoms with Gasteiger partial charge in [0.1, 0.15) is 4.88 Å². The van der Waals surface area contributed by atoms with Gasteiger partial charge in [0.15, 0.2) is 0 Å². The Labute approximate surface area is 152 Å². The first-order valence-electron chi connectivity index (χ1n) is 7.81. The van der Waals surface area contributed by atoms with Crippen LogP contribution < -0.4 is 4.72 Å². The Morgan fingerprint density at radius 3 is 2.40 bits per heavy atom. The molecule has 2 N–H and O–H groups in total. The summed E-state index contributed by atoms with van der Waals surface area (Å²) in [7, 11) is 0.0255. The van der Waals surface area contributed by atoms with E-state index in [0.29, 0.717) is 0 Å². The molecule has 1 unspecified atom stereocenters. The zero-order chi connectivity index (χ0) is 18.6. The molecule has 0 aliphatic rings. The van der Waals surface area contributed by atoms with Crippen LogP contribution in [0, 0.1) is 0 Å². The molecule has 1 heterocycles. The van der Waals surface area contributed by atoms with E-state index < -0.39 is 16.0 Å². The van der Waals surface area contributed by atoms with Gasteiger partial charge in [-0.15, -0.1) is 11.3 Å². The quantitative estimate of drug-likeness (QED) is 0.733. The maximum absolute atomic E-state index is 12.4. The highest BCUT2D eigenvalue weighted by atomic mass is 32.2. The molecule has 25 heavy (non-hydrogen) atoms. The monoisotopic (exact) mass is 382 g/mol. The molecule has 0 saturated carbocycles. The molecule has 1 aromatic carbocycles. The summed E-state index contributed by atoms with van der Waals surface area (Å²) >= 11 is 0.896. The molecule has 0 aliphatic heterocycles. The molecular weight excluding hydrogens is 360 g/mol. The zero-order valence-corrected chi connectivity index (χ0v) is 16.0. The van der Waals surface area contributed by atoms with Gasteiger partial charge in [0.25, 0.3) is 0 Å². The van der Waals surface area contributed by atoms with E-state index in [1.807, 2.05) is 43.3 Å². The summed E-state index contributed by atoms with van der Waals surface area (Å²) in [4.78, 5) is 12.8. The van der Waals surface area contributed by atoms with Gasteiger partial charge in [0.2, 0.25) is 10.0 Å². The molecule has 8 heteroatoms. The van der Waals surface area contributed by atoms with Crippen molar-refractivity contribution in [3.8, 4) is 0 Å². The van der Waals surface area contributed by atoms with Crippen LogP contribution in [0.3, 0.4) is 0 Å². The van der Waals surface area contributed by atoms with E-state index in [2.05, 4.69) is 11.6 Å². The third-order valence-electron chi connectivity index (χ3n) is 3.96. The highest BCUT2D eigenvalue weighted by Crippen LogP contribution is 2.22. The normalized spacial score (nSPS) is 13.1. The third kappa shape index (κ3) is 4.88. The van der Waals surface area contributed by atoms with E-state index in [9.17, 15) is 13.2 Å². The van der Waals surface area contributed by atoms with Gasteiger partial charge < -0.3 is 10.0 Å². The van der Waals surface area contributed by atoms with Crippen LogP contribution in [-0.4, -0.2) is 45.0 Å². The number of hydrogen-bond acceptors (Lipinski definition) is 5. The van der Waals surface area contributed by atoms with Crippen molar-refractivity contribution in [2.75, 3.05) is 20.6 Å². The van der Waals surface area contributed by atoms with Crippen molar-refractivity contribution in [1.82, 2.24) is 9.62 Å². The van der Waals surface area contributed by atoms with Gasteiger partial charge >= 0.3 is 5.97 Å². The molecule has 0 bridgehead atoms. The van der Waals surface area contributed by atoms with Crippen molar-refractivity contribution in [2.24, 2.45) is 0 Å². The number of carboxylic acid groups (broad SMARTS) is 1. The standard InChI is InChI=1S/C17H22N2O4S2/c1-4-12-5-7-13(8-6-12)15(19(2)3)10-18-25(22,23)14-9-16(17(20)21)24-11-14/h5-9,11,15,18H,4,10H2,1-3H3,(H,20,21). The predicted octanol–water partition coefficient (Wildman–Crippen LogP) is 2.59. The molecule has 0 fully saturated rings. The lowest BCUT2D eigenvalue weighted by Crippen LogP contribution is -2.34. The molecule has 2 aromatic rings. The molecule has 0 saturated heterocycles. The predicted molar refractivity (Wildman–Crippen MR) is 98.7 cm³/mol. The van der Waals surface area contributed by atoms with Crippen LogP contribution in [0.1, 0.15) is 33.8 Å². The van der Waals surface area contributed by atoms with Crippen LogP contribution in [-0.2, 0) is 16.4 Å². The Morgan fingerprint density at radius 1 is 1.28 bits per heavy atom. The van der Waals surface area contributed by atoms with E-state index in [-0.39, 0.29) is 22.4 Å². The fraction of sp³-hybridized carbons (Fsp3) is 0.353. The van der Waals surface area contributed by atoms with Crippen LogP contribution in [0.4, 0.5) is 0 Å². The molecule has 6 nitrogen and oxygen atoms in total. The van der Waals surface area contributed by atoms with E-state index in [1.165, 1.54) is 17.0 Å². The number of hydrogen-bond donors (Lipinski definition) is 2. The molecule has 1 aromatic heterocycles. The number of likely N-dealkylation sites (N-methyl/N-ethyl adjacent to an activating group) is 1. The van der Waals surface area contributed by atoms with Gasteiger partial charge in [0.05, 0.1) is 4.90 Å². The van der Waals surface area contributed by atoms with Crippen molar-refractivity contribution < 1.29 is 18.3 Å². The fourth-order valence-electron chi connectivity index (χ4n) is 2.42. The van der Waals surface area contributed by atoms with Crippen LogP contribution in [0.15, 0.2) is 40.6 Å². The van der Waals surface area contributed by atoms with Crippen molar-refractivity contribution in [3.05, 3.63) is 51.7 Å². The minimum atomic E-state index is -3.75. The second kappa shape index (κ2) is 8.09. The molecule has 0 aliphatic carbocycles. The highest BCUT2D eigenvalue weighted by Gasteiger charge is 2.22. The maximum atomic E-state index is 12.4. The number of thiophene rings is 1. The number of aromatic carboxylic acids is 1. The van der Waals surface area contributed by atoms with Crippen molar-refractivity contribution >= 4 is 27.3 Å². The van der Waals surface area contributed by atoms with Crippen LogP contribution >= 0.6 is 11.3 Å². The summed E-state index contributed by atoms with van der Waals surface area (Å²) in [6.45, 7) is 2.28. The van der Waals surface area contributed by atoms with Gasteiger partial charge in [-0.1, -0.05) is 31.2 Å². The van der Waals surface area contributed by atoms with Gasteiger partial charge in [-0.05, 0) is 37.7 Å². The van der Waals surface area contributed by atoms with Gasteiger partial charge in [-0.2, -0.15) is 0 Å². The first-order valence-corrected chi connectivity index (χ1v) is 10.2. The fourth-order valence-corrected chi connectivity index (χ4v) is 4.57. The number of nitrogens with one attached hydrogen (secondary N) is 1. The Bertz CT molecular complexity index is 827. The van der Waals surface area contributed by atoms with E-state index in [1.54, 1.807) is 0 Å². The first kappa shape index (κ1) is 19.6. The van der Waals surface area contributed by atoms with Crippen molar-refractivity contribution in [2.45, 2.75) is 24.3 Å². The Morgan fingerprint density at radius 2 is 1.92 bits per heavy atom.